The molecule has 1 unspecified atom stereocenters. The smallest absolute Gasteiger partial charge is 0.294 e. The zero-order valence-electron chi connectivity index (χ0n) is 5.06. The molecule has 0 amide bonds. The number of rotatable bonds is 3. The average Bonchev–Trinajstić information content (AvgIpc) is 1.88. The van der Waals surface area contributed by atoms with Gasteiger partial charge in [0.1, 0.15) is 0 Å². The first-order chi connectivity index (χ1) is 4.35. The van der Waals surface area contributed by atoms with E-state index in [4.69, 9.17) is 0 Å². The van der Waals surface area contributed by atoms with E-state index in [9.17, 15) is 4.79 Å². The predicted octanol–water partition coefficient (Wildman–Crippen LogP) is 1.29. The molecule has 0 aromatic carbocycles. The maximum absolute atomic E-state index is 9.74. The van der Waals surface area contributed by atoms with Crippen molar-refractivity contribution in [3.05, 3.63) is 0 Å². The van der Waals surface area contributed by atoms with Crippen molar-refractivity contribution in [1.82, 2.24) is 0 Å². The molecule has 0 spiro atoms. The fraction of sp³-hybridized carbons (Fsp3) is 0.500. The molecule has 0 aromatic heterocycles. The lowest BCUT2D eigenvalue weighted by molar-refractivity contribution is -0.131. The van der Waals surface area contributed by atoms with Crippen molar-refractivity contribution in [2.24, 2.45) is 0 Å². The molecular weight excluding hydrogens is 184 g/mol. The third kappa shape index (κ3) is 4.04. The Bertz CT molecular complexity index is 134. The van der Waals surface area contributed by atoms with Gasteiger partial charge in [-0.25, -0.2) is 0 Å². The van der Waals surface area contributed by atoms with Gasteiger partial charge in [0.25, 0.3) is 6.47 Å². The van der Waals surface area contributed by atoms with Gasteiger partial charge in [0.15, 0.2) is 6.10 Å². The van der Waals surface area contributed by atoms with E-state index in [1.54, 1.807) is 0 Å². The van der Waals surface area contributed by atoms with Crippen molar-refractivity contribution in [2.75, 3.05) is 0 Å². The van der Waals surface area contributed by atoms with Crippen molar-refractivity contribution in [1.29, 1.82) is 0 Å². The van der Waals surface area contributed by atoms with Crippen molar-refractivity contribution in [2.45, 2.75) is 19.4 Å². The first-order valence-electron chi connectivity index (χ1n) is 2.55. The summed E-state index contributed by atoms with van der Waals surface area (Å²) in [5, 5.41) is 0. The van der Waals surface area contributed by atoms with Gasteiger partial charge in [-0.1, -0.05) is 6.92 Å². The van der Waals surface area contributed by atoms with Crippen molar-refractivity contribution < 1.29 is 9.53 Å². The van der Waals surface area contributed by atoms with Crippen molar-refractivity contribution >= 4 is 22.4 Å². The number of halogens is 1. The number of ether oxygens (including phenoxy) is 1. The van der Waals surface area contributed by atoms with Crippen LogP contribution in [0.25, 0.3) is 0 Å². The summed E-state index contributed by atoms with van der Waals surface area (Å²) in [6, 6.07) is 0. The Labute approximate surface area is 62.7 Å². The second-order valence-corrected chi connectivity index (χ2v) is 1.76. The maximum atomic E-state index is 9.74. The average molecular weight is 191 g/mol. The second kappa shape index (κ2) is 5.64. The summed E-state index contributed by atoms with van der Waals surface area (Å²) >= 11 is 2.90. The van der Waals surface area contributed by atoms with E-state index in [0.717, 1.165) is 6.42 Å². The fourth-order valence-electron chi connectivity index (χ4n) is 0.360. The van der Waals surface area contributed by atoms with Gasteiger partial charge in [0.2, 0.25) is 0 Å². The molecule has 50 valence electrons. The minimum absolute atomic E-state index is 0.262. The minimum atomic E-state index is -0.262. The lowest BCUT2D eigenvalue weighted by atomic mass is 10.3. The van der Waals surface area contributed by atoms with Crippen LogP contribution in [0.5, 0.6) is 0 Å². The monoisotopic (exact) mass is 190 g/mol. The van der Waals surface area contributed by atoms with Crippen LogP contribution >= 0.6 is 15.9 Å². The van der Waals surface area contributed by atoms with E-state index in [1.807, 2.05) is 6.92 Å². The normalized spacial score (nSPS) is 10.9. The van der Waals surface area contributed by atoms with Gasteiger partial charge in [0.05, 0.1) is 0 Å². The highest BCUT2D eigenvalue weighted by atomic mass is 79.9. The maximum Gasteiger partial charge on any atom is 0.294 e. The van der Waals surface area contributed by atoms with Gasteiger partial charge in [-0.2, -0.15) is 0 Å². The van der Waals surface area contributed by atoms with Crippen LogP contribution in [-0.4, -0.2) is 12.6 Å². The van der Waals surface area contributed by atoms with Crippen LogP contribution in [0.2, 0.25) is 0 Å². The predicted molar refractivity (Wildman–Crippen MR) is 37.9 cm³/mol. The van der Waals surface area contributed by atoms with Crippen LogP contribution in [-0.2, 0) is 9.53 Å². The topological polar surface area (TPSA) is 26.3 Å². The van der Waals surface area contributed by atoms with Crippen molar-refractivity contribution in [3.63, 3.8) is 0 Å². The summed E-state index contributed by atoms with van der Waals surface area (Å²) in [5.41, 5.74) is 0. The third-order valence-electron chi connectivity index (χ3n) is 0.806. The van der Waals surface area contributed by atoms with Crippen LogP contribution < -0.4 is 0 Å². The highest BCUT2D eigenvalue weighted by Gasteiger charge is 1.97. The standard InChI is InChI=1S/C6H7BrO2/c1-2-6(3-4-7)9-5-8/h5-6H,2H2,1H3. The number of hydrogen-bond acceptors (Lipinski definition) is 2. The van der Waals surface area contributed by atoms with Gasteiger partial charge in [-0.05, 0) is 17.2 Å². The molecule has 0 heterocycles. The molecular formula is C6H7BrO2. The quantitative estimate of drug-likeness (QED) is 0.496. The Hall–Kier alpha value is -0.490. The Kier molecular flexibility index (Phi) is 5.34. The lowest BCUT2D eigenvalue weighted by Gasteiger charge is -2.01. The van der Waals surface area contributed by atoms with Crippen LogP contribution in [0.15, 0.2) is 0 Å². The molecule has 3 heteroatoms. The summed E-state index contributed by atoms with van der Waals surface area (Å²) in [6.07, 6.45) is 0.457. The zero-order chi connectivity index (χ0) is 7.11. The van der Waals surface area contributed by atoms with Crippen LogP contribution in [0.3, 0.4) is 0 Å². The molecule has 0 N–H and O–H groups in total. The third-order valence-corrected chi connectivity index (χ3v) is 1.04. The molecule has 0 fully saturated rings. The Morgan fingerprint density at radius 3 is 2.89 bits per heavy atom. The number of carbonyl (C=O) groups is 1. The molecule has 0 saturated carbocycles. The van der Waals surface area contributed by atoms with Crippen LogP contribution in [0, 0.1) is 10.8 Å². The van der Waals surface area contributed by atoms with E-state index in [1.165, 1.54) is 0 Å². The van der Waals surface area contributed by atoms with Crippen LogP contribution in [0.4, 0.5) is 0 Å². The summed E-state index contributed by atoms with van der Waals surface area (Å²) in [7, 11) is 0. The van der Waals surface area contributed by atoms with Gasteiger partial charge < -0.3 is 4.74 Å². The minimum Gasteiger partial charge on any atom is -0.451 e. The summed E-state index contributed by atoms with van der Waals surface area (Å²) < 4.78 is 4.55. The second-order valence-electron chi connectivity index (χ2n) is 1.37. The number of hydrogen-bond donors (Lipinski definition) is 0. The van der Waals surface area contributed by atoms with Gasteiger partial charge >= 0.3 is 0 Å². The molecule has 0 saturated heterocycles. The lowest BCUT2D eigenvalue weighted by Crippen LogP contribution is -2.06. The SMILES string of the molecule is CCC(C#CBr)OC=O. The van der Waals surface area contributed by atoms with Gasteiger partial charge in [0, 0.05) is 15.9 Å². The molecule has 0 bridgehead atoms. The highest BCUT2D eigenvalue weighted by molar-refractivity contribution is 9.12. The molecule has 0 aliphatic carbocycles. The van der Waals surface area contributed by atoms with Gasteiger partial charge in [-0.3, -0.25) is 4.79 Å². The van der Waals surface area contributed by atoms with E-state index in [2.05, 4.69) is 31.4 Å². The van der Waals surface area contributed by atoms with Crippen LogP contribution in [0.1, 0.15) is 13.3 Å². The van der Waals surface area contributed by atoms with Crippen molar-refractivity contribution in [3.8, 4) is 10.8 Å². The molecule has 9 heavy (non-hydrogen) atoms. The summed E-state index contributed by atoms with van der Waals surface area (Å²) in [4.78, 5) is 12.2. The molecule has 2 nitrogen and oxygen atoms in total. The Morgan fingerprint density at radius 2 is 2.56 bits per heavy atom. The Balaban J connectivity index is 3.62. The molecule has 0 rings (SSSR count). The van der Waals surface area contributed by atoms with E-state index in [0.29, 0.717) is 6.47 Å². The largest absolute Gasteiger partial charge is 0.451 e. The molecule has 0 aromatic rings. The zero-order valence-corrected chi connectivity index (χ0v) is 6.64. The summed E-state index contributed by atoms with van der Waals surface area (Å²) in [6.45, 7) is 2.30. The fourth-order valence-corrected chi connectivity index (χ4v) is 0.616. The van der Waals surface area contributed by atoms with E-state index in [-0.39, 0.29) is 6.10 Å². The Morgan fingerprint density at radius 1 is 1.89 bits per heavy atom. The molecule has 1 atom stereocenters. The van der Waals surface area contributed by atoms with E-state index >= 15 is 0 Å². The number of carbonyl (C=O) groups excluding carboxylic acids is 1. The highest BCUT2D eigenvalue weighted by Crippen LogP contribution is 1.93. The molecule has 0 radical (unpaired) electrons. The summed E-state index contributed by atoms with van der Waals surface area (Å²) in [5.74, 6) is 2.65. The van der Waals surface area contributed by atoms with E-state index < -0.39 is 0 Å². The first-order valence-corrected chi connectivity index (χ1v) is 3.34. The molecule has 0 aliphatic rings. The first kappa shape index (κ1) is 8.51. The molecule has 0 aliphatic heterocycles. The van der Waals surface area contributed by atoms with Gasteiger partial charge in [-0.15, -0.1) is 0 Å².